The van der Waals surface area contributed by atoms with Crippen LogP contribution in [0.2, 0.25) is 15.1 Å². The van der Waals surface area contributed by atoms with E-state index in [2.05, 4.69) is 20.1 Å². The molecule has 0 aliphatic carbocycles. The van der Waals surface area contributed by atoms with Gasteiger partial charge in [0.1, 0.15) is 5.69 Å². The predicted octanol–water partition coefficient (Wildman–Crippen LogP) is 6.29. The Labute approximate surface area is 211 Å². The van der Waals surface area contributed by atoms with Gasteiger partial charge in [0, 0.05) is 23.0 Å². The average molecular weight is 553 g/mol. The number of hydrogen-bond donors (Lipinski definition) is 2. The quantitative estimate of drug-likeness (QED) is 0.266. The topological polar surface area (TPSA) is 88.9 Å². The fourth-order valence-corrected chi connectivity index (χ4v) is 4.00. The normalized spacial score (nSPS) is 11.4. The Kier molecular flexibility index (Phi) is 8.34. The summed E-state index contributed by atoms with van der Waals surface area (Å²) in [4.78, 5) is 29.7. The summed E-state index contributed by atoms with van der Waals surface area (Å²) in [6, 6.07) is 5.95. The molecular formula is C20H15Cl3F3N5O2S. The highest BCUT2D eigenvalue weighted by Gasteiger charge is 2.37. The Morgan fingerprint density at radius 1 is 1.12 bits per heavy atom. The van der Waals surface area contributed by atoms with Gasteiger partial charge in [0.2, 0.25) is 0 Å². The maximum absolute atomic E-state index is 13.4. The molecular weight excluding hydrogens is 538 g/mol. The Morgan fingerprint density at radius 2 is 1.85 bits per heavy atom. The third-order valence-electron chi connectivity index (χ3n) is 4.18. The summed E-state index contributed by atoms with van der Waals surface area (Å²) in [7, 11) is 0. The number of carbonyl (C=O) groups is 2. The number of carbonyl (C=O) groups excluding carboxylic acids is 2. The lowest BCUT2D eigenvalue weighted by atomic mass is 10.1. The minimum atomic E-state index is -4.85. The van der Waals surface area contributed by atoms with Crippen molar-refractivity contribution in [3.63, 3.8) is 0 Å². The van der Waals surface area contributed by atoms with Crippen LogP contribution in [0, 0.1) is 0 Å². The smallest absolute Gasteiger partial charge is 0.319 e. The minimum Gasteiger partial charge on any atom is -0.319 e. The van der Waals surface area contributed by atoms with E-state index in [9.17, 15) is 22.8 Å². The van der Waals surface area contributed by atoms with Crippen LogP contribution >= 0.6 is 46.8 Å². The number of aromatic nitrogens is 3. The number of pyridine rings is 1. The van der Waals surface area contributed by atoms with Crippen LogP contribution in [0.15, 0.2) is 36.5 Å². The van der Waals surface area contributed by atoms with E-state index in [0.29, 0.717) is 16.5 Å². The van der Waals surface area contributed by atoms with Gasteiger partial charge in [0.15, 0.2) is 11.5 Å². The number of nitrogens with zero attached hydrogens (tertiary/aromatic N) is 3. The largest absolute Gasteiger partial charge is 0.435 e. The van der Waals surface area contributed by atoms with Gasteiger partial charge in [-0.25, -0.2) is 9.67 Å². The summed E-state index contributed by atoms with van der Waals surface area (Å²) in [6.07, 6.45) is -2.77. The van der Waals surface area contributed by atoms with Gasteiger partial charge in [-0.3, -0.25) is 14.3 Å². The van der Waals surface area contributed by atoms with Gasteiger partial charge in [-0.1, -0.05) is 53.7 Å². The molecule has 0 saturated carbocycles. The lowest BCUT2D eigenvalue weighted by molar-refractivity contribution is -0.141. The zero-order valence-corrected chi connectivity index (χ0v) is 20.3. The highest BCUT2D eigenvalue weighted by Crippen LogP contribution is 2.33. The second kappa shape index (κ2) is 10.9. The van der Waals surface area contributed by atoms with Crippen LogP contribution in [0.1, 0.15) is 39.9 Å². The number of anilines is 1. The molecule has 0 radical (unpaired) electrons. The summed E-state index contributed by atoms with van der Waals surface area (Å²) >= 11 is 19.4. The predicted molar refractivity (Wildman–Crippen MR) is 126 cm³/mol. The van der Waals surface area contributed by atoms with Crippen LogP contribution in [0.4, 0.5) is 18.9 Å². The van der Waals surface area contributed by atoms with E-state index in [4.69, 9.17) is 34.8 Å². The first-order valence-corrected chi connectivity index (χ1v) is 11.7. The lowest BCUT2D eigenvalue weighted by Crippen LogP contribution is -2.22. The Balaban J connectivity index is 2.04. The summed E-state index contributed by atoms with van der Waals surface area (Å²) in [5.74, 6) is -1.20. The van der Waals surface area contributed by atoms with Crippen LogP contribution in [0.5, 0.6) is 0 Å². The van der Waals surface area contributed by atoms with E-state index >= 15 is 0 Å². The molecule has 2 aromatic heterocycles. The van der Waals surface area contributed by atoms with E-state index in [1.165, 1.54) is 30.5 Å². The molecule has 7 nitrogen and oxygen atoms in total. The molecule has 0 aliphatic heterocycles. The van der Waals surface area contributed by atoms with Crippen molar-refractivity contribution >= 4 is 64.3 Å². The first kappa shape index (κ1) is 26.1. The van der Waals surface area contributed by atoms with Crippen LogP contribution < -0.4 is 10.0 Å². The van der Waals surface area contributed by atoms with E-state index in [1.807, 2.05) is 6.92 Å². The Morgan fingerprint density at radius 3 is 2.50 bits per heavy atom. The summed E-state index contributed by atoms with van der Waals surface area (Å²) in [5.41, 5.74) is -2.09. The van der Waals surface area contributed by atoms with Crippen molar-refractivity contribution in [2.75, 3.05) is 11.1 Å². The second-order valence-corrected chi connectivity index (χ2v) is 8.83. The SMILES string of the molecule is CCCSNC(=O)c1cc(Cl)cc(Cl)c1NC(=O)c1cc(C(F)(F)F)nn1-c1ncccc1Cl. The van der Waals surface area contributed by atoms with E-state index < -0.39 is 29.4 Å². The van der Waals surface area contributed by atoms with Crippen LogP contribution in [0.25, 0.3) is 5.82 Å². The molecule has 0 atom stereocenters. The molecule has 0 bridgehead atoms. The molecule has 0 fully saturated rings. The lowest BCUT2D eigenvalue weighted by Gasteiger charge is -2.14. The van der Waals surface area contributed by atoms with Crippen LogP contribution in [-0.2, 0) is 6.18 Å². The van der Waals surface area contributed by atoms with Gasteiger partial charge < -0.3 is 5.32 Å². The molecule has 0 spiro atoms. The zero-order valence-electron chi connectivity index (χ0n) is 17.2. The van der Waals surface area contributed by atoms with E-state index in [1.54, 1.807) is 0 Å². The van der Waals surface area contributed by atoms with Crippen molar-refractivity contribution in [1.29, 1.82) is 0 Å². The van der Waals surface area contributed by atoms with Gasteiger partial charge in [-0.15, -0.1) is 0 Å². The fourth-order valence-electron chi connectivity index (χ4n) is 2.71. The van der Waals surface area contributed by atoms with Gasteiger partial charge in [-0.05, 0) is 30.7 Å². The highest BCUT2D eigenvalue weighted by molar-refractivity contribution is 7.97. The van der Waals surface area contributed by atoms with E-state index in [-0.39, 0.29) is 32.1 Å². The summed E-state index contributed by atoms with van der Waals surface area (Å²) in [5, 5.41) is 5.85. The molecule has 2 N–H and O–H groups in total. The Bertz CT molecular complexity index is 1240. The molecule has 34 heavy (non-hydrogen) atoms. The first-order valence-electron chi connectivity index (χ1n) is 9.53. The molecule has 2 amide bonds. The molecule has 180 valence electrons. The Hall–Kier alpha value is -2.47. The van der Waals surface area contributed by atoms with Crippen molar-refractivity contribution in [2.24, 2.45) is 0 Å². The van der Waals surface area contributed by atoms with Crippen LogP contribution in [-0.4, -0.2) is 32.3 Å². The number of halogens is 6. The third-order valence-corrected chi connectivity index (χ3v) is 5.93. The average Bonchev–Trinajstić information content (AvgIpc) is 3.21. The summed E-state index contributed by atoms with van der Waals surface area (Å²) < 4.78 is 43.3. The van der Waals surface area contributed by atoms with E-state index in [0.717, 1.165) is 18.4 Å². The molecule has 3 rings (SSSR count). The molecule has 3 aromatic rings. The van der Waals surface area contributed by atoms with Crippen molar-refractivity contribution < 1.29 is 22.8 Å². The highest BCUT2D eigenvalue weighted by atomic mass is 35.5. The molecule has 2 heterocycles. The van der Waals surface area contributed by atoms with Gasteiger partial charge >= 0.3 is 6.18 Å². The maximum atomic E-state index is 13.4. The molecule has 0 saturated heterocycles. The first-order chi connectivity index (χ1) is 16.0. The summed E-state index contributed by atoms with van der Waals surface area (Å²) in [6.45, 7) is 1.92. The van der Waals surface area contributed by atoms with Crippen molar-refractivity contribution in [2.45, 2.75) is 19.5 Å². The zero-order chi connectivity index (χ0) is 25.0. The number of benzene rings is 1. The van der Waals surface area contributed by atoms with Gasteiger partial charge in [-0.2, -0.15) is 18.3 Å². The van der Waals surface area contributed by atoms with Crippen molar-refractivity contribution in [3.8, 4) is 5.82 Å². The minimum absolute atomic E-state index is 0.0362. The third kappa shape index (κ3) is 5.96. The standard InChI is InChI=1S/C20H15Cl3F3N5O2S/c1-2-6-34-30-18(32)11-7-10(21)8-13(23)16(11)28-19(33)14-9-15(20(24,25)26)29-31(14)17-12(22)4-3-5-27-17/h3-5,7-9H,2,6H2,1H3,(H,28,33)(H,30,32). The number of rotatable bonds is 7. The molecule has 0 unspecified atom stereocenters. The number of alkyl halides is 3. The van der Waals surface area contributed by atoms with Crippen molar-refractivity contribution in [3.05, 3.63) is 68.5 Å². The molecule has 1 aromatic carbocycles. The number of hydrogen-bond acceptors (Lipinski definition) is 5. The fraction of sp³-hybridized carbons (Fsp3) is 0.200. The van der Waals surface area contributed by atoms with Gasteiger partial charge in [0.25, 0.3) is 11.8 Å². The monoisotopic (exact) mass is 551 g/mol. The maximum Gasteiger partial charge on any atom is 0.435 e. The van der Waals surface area contributed by atoms with Gasteiger partial charge in [0.05, 0.1) is 21.3 Å². The number of nitrogens with one attached hydrogen (secondary N) is 2. The second-order valence-electron chi connectivity index (χ2n) is 6.68. The van der Waals surface area contributed by atoms with Crippen molar-refractivity contribution in [1.82, 2.24) is 19.5 Å². The number of amides is 2. The van der Waals surface area contributed by atoms with Crippen LogP contribution in [0.3, 0.4) is 0 Å². The molecule has 0 aliphatic rings. The molecule has 14 heteroatoms.